The van der Waals surface area contributed by atoms with Crippen molar-refractivity contribution in [1.82, 2.24) is 4.98 Å². The lowest BCUT2D eigenvalue weighted by Gasteiger charge is -2.07. The summed E-state index contributed by atoms with van der Waals surface area (Å²) < 4.78 is 11.7. The molecule has 0 bridgehead atoms. The van der Waals surface area contributed by atoms with Crippen molar-refractivity contribution in [3.8, 4) is 11.5 Å². The van der Waals surface area contributed by atoms with Gasteiger partial charge in [-0.2, -0.15) is 0 Å². The van der Waals surface area contributed by atoms with Crippen molar-refractivity contribution in [2.24, 2.45) is 0 Å². The van der Waals surface area contributed by atoms with Crippen LogP contribution in [-0.2, 0) is 11.3 Å². The zero-order valence-electron chi connectivity index (χ0n) is 11.8. The molecule has 22 heavy (non-hydrogen) atoms. The monoisotopic (exact) mass is 315 g/mol. The van der Waals surface area contributed by atoms with Crippen LogP contribution in [0.3, 0.4) is 0 Å². The fourth-order valence-corrected chi connectivity index (χ4v) is 2.95. The molecule has 0 unspecified atom stereocenters. The molecule has 1 N–H and O–H groups in total. The summed E-state index contributed by atoms with van der Waals surface area (Å²) in [5, 5.41) is 9.83. The molecule has 3 aromatic rings. The van der Waals surface area contributed by atoms with Crippen LogP contribution in [0.4, 0.5) is 0 Å². The highest BCUT2D eigenvalue weighted by Gasteiger charge is 2.12. The molecular formula is C16H13NO4S. The highest BCUT2D eigenvalue weighted by Crippen LogP contribution is 2.34. The highest BCUT2D eigenvalue weighted by atomic mass is 32.1. The van der Waals surface area contributed by atoms with Crippen LogP contribution in [0.15, 0.2) is 42.7 Å². The summed E-state index contributed by atoms with van der Waals surface area (Å²) in [5.74, 6) is 0.258. The second kappa shape index (κ2) is 6.13. The fraction of sp³-hybridized carbons (Fsp3) is 0.125. The maximum atomic E-state index is 11.1. The molecule has 5 nitrogen and oxygen atoms in total. The summed E-state index contributed by atoms with van der Waals surface area (Å²) in [5.41, 5.74) is 1.05. The quantitative estimate of drug-likeness (QED) is 0.772. The maximum absolute atomic E-state index is 11.1. The second-order valence-corrected chi connectivity index (χ2v) is 5.73. The Kier molecular flexibility index (Phi) is 4.04. The summed E-state index contributed by atoms with van der Waals surface area (Å²) in [7, 11) is 1.65. The van der Waals surface area contributed by atoms with Crippen LogP contribution in [0.25, 0.3) is 10.1 Å². The van der Waals surface area contributed by atoms with Crippen molar-refractivity contribution >= 4 is 27.4 Å². The molecule has 0 saturated heterocycles. The number of aromatic nitrogens is 1. The van der Waals surface area contributed by atoms with E-state index in [0.29, 0.717) is 18.1 Å². The van der Waals surface area contributed by atoms with Crippen LogP contribution in [0.5, 0.6) is 11.5 Å². The number of aromatic carboxylic acids is 1. The SMILES string of the molecule is COCc1ccc(Oc2cncc3sc(C(=O)O)cc23)cc1. The molecule has 0 atom stereocenters. The van der Waals surface area contributed by atoms with Crippen LogP contribution in [0.2, 0.25) is 0 Å². The number of carbonyl (C=O) groups is 1. The second-order valence-electron chi connectivity index (χ2n) is 4.64. The molecule has 3 rings (SSSR count). The molecule has 0 amide bonds. The molecule has 0 radical (unpaired) electrons. The third-order valence-electron chi connectivity index (χ3n) is 3.08. The van der Waals surface area contributed by atoms with Crippen molar-refractivity contribution < 1.29 is 19.4 Å². The van der Waals surface area contributed by atoms with Gasteiger partial charge in [0.05, 0.1) is 17.5 Å². The highest BCUT2D eigenvalue weighted by molar-refractivity contribution is 7.20. The summed E-state index contributed by atoms with van der Waals surface area (Å²) in [6, 6.07) is 9.14. The van der Waals surface area contributed by atoms with Crippen molar-refractivity contribution in [3.63, 3.8) is 0 Å². The van der Waals surface area contributed by atoms with Gasteiger partial charge in [-0.3, -0.25) is 4.98 Å². The van der Waals surface area contributed by atoms with Gasteiger partial charge in [0, 0.05) is 18.7 Å². The van der Waals surface area contributed by atoms with Gasteiger partial charge in [-0.05, 0) is 23.8 Å². The number of pyridine rings is 1. The molecule has 2 aromatic heterocycles. The van der Waals surface area contributed by atoms with Gasteiger partial charge in [-0.25, -0.2) is 4.79 Å². The standard InChI is InChI=1S/C16H13NO4S/c1-20-9-10-2-4-11(5-3-10)21-13-7-17-8-15-12(13)6-14(22-15)16(18)19/h2-8H,9H2,1H3,(H,18,19). The Balaban J connectivity index is 1.91. The predicted octanol–water partition coefficient (Wildman–Crippen LogP) is 3.93. The number of carboxylic acid groups (broad SMARTS) is 1. The van der Waals surface area contributed by atoms with Gasteiger partial charge in [-0.1, -0.05) is 12.1 Å². The lowest BCUT2D eigenvalue weighted by molar-refractivity contribution is 0.0702. The van der Waals surface area contributed by atoms with Crippen molar-refractivity contribution in [2.75, 3.05) is 7.11 Å². The first-order chi connectivity index (χ1) is 10.7. The number of hydrogen-bond acceptors (Lipinski definition) is 5. The molecule has 0 aliphatic carbocycles. The van der Waals surface area contributed by atoms with E-state index in [1.165, 1.54) is 11.3 Å². The molecule has 112 valence electrons. The number of nitrogens with zero attached hydrogens (tertiary/aromatic N) is 1. The molecule has 0 spiro atoms. The Bertz CT molecular complexity index is 811. The van der Waals surface area contributed by atoms with Crippen LogP contribution < -0.4 is 4.74 Å². The number of benzene rings is 1. The van der Waals surface area contributed by atoms with Crippen molar-refractivity contribution in [3.05, 3.63) is 53.2 Å². The van der Waals surface area contributed by atoms with Crippen molar-refractivity contribution in [1.29, 1.82) is 0 Å². The Morgan fingerprint density at radius 2 is 2.05 bits per heavy atom. The number of carboxylic acids is 1. The van der Waals surface area contributed by atoms with E-state index in [-0.39, 0.29) is 4.88 Å². The van der Waals surface area contributed by atoms with E-state index >= 15 is 0 Å². The minimum absolute atomic E-state index is 0.267. The summed E-state index contributed by atoms with van der Waals surface area (Å²) in [6.07, 6.45) is 3.23. The van der Waals surface area contributed by atoms with Gasteiger partial charge < -0.3 is 14.6 Å². The number of rotatable bonds is 5. The number of hydrogen-bond donors (Lipinski definition) is 1. The van der Waals surface area contributed by atoms with E-state index in [2.05, 4.69) is 4.98 Å². The topological polar surface area (TPSA) is 68.7 Å². The zero-order valence-corrected chi connectivity index (χ0v) is 12.6. The van der Waals surface area contributed by atoms with E-state index in [4.69, 9.17) is 14.6 Å². The third kappa shape index (κ3) is 2.93. The summed E-state index contributed by atoms with van der Waals surface area (Å²) in [4.78, 5) is 15.4. The molecular weight excluding hydrogens is 302 g/mol. The third-order valence-corrected chi connectivity index (χ3v) is 4.14. The molecule has 1 aromatic carbocycles. The van der Waals surface area contributed by atoms with Gasteiger partial charge in [0.1, 0.15) is 10.6 Å². The Hall–Kier alpha value is -2.44. The lowest BCUT2D eigenvalue weighted by atomic mass is 10.2. The maximum Gasteiger partial charge on any atom is 0.345 e. The normalized spacial score (nSPS) is 10.8. The van der Waals surface area contributed by atoms with Gasteiger partial charge in [0.25, 0.3) is 0 Å². The summed E-state index contributed by atoms with van der Waals surface area (Å²) >= 11 is 1.18. The number of methoxy groups -OCH3 is 1. The van der Waals surface area contributed by atoms with Crippen LogP contribution >= 0.6 is 11.3 Å². The average molecular weight is 315 g/mol. The Labute approximate surface area is 130 Å². The predicted molar refractivity (Wildman–Crippen MR) is 83.8 cm³/mol. The molecule has 0 fully saturated rings. The van der Waals surface area contributed by atoms with E-state index < -0.39 is 5.97 Å². The van der Waals surface area contributed by atoms with Gasteiger partial charge in [0.15, 0.2) is 5.75 Å². The molecule has 0 aliphatic rings. The minimum atomic E-state index is -0.948. The van der Waals surface area contributed by atoms with Gasteiger partial charge >= 0.3 is 5.97 Å². The number of fused-ring (bicyclic) bond motifs is 1. The first-order valence-electron chi connectivity index (χ1n) is 6.54. The Morgan fingerprint density at radius 3 is 2.73 bits per heavy atom. The molecule has 6 heteroatoms. The van der Waals surface area contributed by atoms with E-state index in [1.807, 2.05) is 24.3 Å². The largest absolute Gasteiger partial charge is 0.477 e. The first-order valence-corrected chi connectivity index (χ1v) is 7.35. The van der Waals surface area contributed by atoms with Crippen molar-refractivity contribution in [2.45, 2.75) is 6.61 Å². The Morgan fingerprint density at radius 1 is 1.27 bits per heavy atom. The molecule has 0 aliphatic heterocycles. The van der Waals surface area contributed by atoms with Crippen LogP contribution in [-0.4, -0.2) is 23.2 Å². The molecule has 2 heterocycles. The minimum Gasteiger partial charge on any atom is -0.477 e. The van der Waals surface area contributed by atoms with Crippen LogP contribution in [0, 0.1) is 0 Å². The van der Waals surface area contributed by atoms with Gasteiger partial charge in [0.2, 0.25) is 0 Å². The van der Waals surface area contributed by atoms with E-state index in [1.54, 1.807) is 25.6 Å². The smallest absolute Gasteiger partial charge is 0.345 e. The lowest BCUT2D eigenvalue weighted by Crippen LogP contribution is -1.90. The van der Waals surface area contributed by atoms with Crippen LogP contribution in [0.1, 0.15) is 15.2 Å². The average Bonchev–Trinajstić information content (AvgIpc) is 2.95. The van der Waals surface area contributed by atoms with Gasteiger partial charge in [-0.15, -0.1) is 11.3 Å². The van der Waals surface area contributed by atoms with E-state index in [9.17, 15) is 4.79 Å². The van der Waals surface area contributed by atoms with E-state index in [0.717, 1.165) is 15.6 Å². The number of thiophene rings is 1. The zero-order chi connectivity index (χ0) is 15.5. The molecule has 0 saturated carbocycles. The summed E-state index contributed by atoms with van der Waals surface area (Å²) in [6.45, 7) is 0.546. The fourth-order valence-electron chi connectivity index (χ4n) is 2.07. The first kappa shape index (κ1) is 14.5. The number of ether oxygens (including phenoxy) is 2.